The van der Waals surface area contributed by atoms with E-state index in [0.29, 0.717) is 0 Å². The molecule has 2 aromatic carbocycles. The Morgan fingerprint density at radius 2 is 1.84 bits per heavy atom. The third kappa shape index (κ3) is 1.19. The third-order valence-electron chi connectivity index (χ3n) is 3.67. The van der Waals surface area contributed by atoms with E-state index < -0.39 is 0 Å². The van der Waals surface area contributed by atoms with E-state index in [4.69, 9.17) is 4.74 Å². The van der Waals surface area contributed by atoms with Crippen LogP contribution in [0.25, 0.3) is 27.2 Å². The van der Waals surface area contributed by atoms with Crippen LogP contribution in [0, 0.1) is 0 Å². The number of nitrogens with zero attached hydrogens (tertiary/aromatic N) is 1. The van der Waals surface area contributed by atoms with Crippen LogP contribution in [-0.4, -0.2) is 11.5 Å². The first-order valence-electron chi connectivity index (χ1n) is 6.13. The molecule has 3 heteroatoms. The second-order valence-corrected chi connectivity index (χ2v) is 4.61. The minimum absolute atomic E-state index is 0.0444. The first kappa shape index (κ1) is 10.4. The SMILES string of the molecule is COc1ccc2c(=O)ccn3c4ccccc4c1c23. The Bertz CT molecular complexity index is 969. The van der Waals surface area contributed by atoms with Gasteiger partial charge in [0.25, 0.3) is 0 Å². The van der Waals surface area contributed by atoms with E-state index in [9.17, 15) is 4.79 Å². The van der Waals surface area contributed by atoms with Crippen molar-refractivity contribution in [3.05, 3.63) is 58.9 Å². The number of para-hydroxylation sites is 1. The number of hydrogen-bond donors (Lipinski definition) is 0. The number of methoxy groups -OCH3 is 1. The maximum absolute atomic E-state index is 12.0. The topological polar surface area (TPSA) is 30.7 Å². The quantitative estimate of drug-likeness (QED) is 0.519. The van der Waals surface area contributed by atoms with Crippen molar-refractivity contribution in [2.24, 2.45) is 0 Å². The second kappa shape index (κ2) is 3.48. The third-order valence-corrected chi connectivity index (χ3v) is 3.67. The molecule has 0 unspecified atom stereocenters. The van der Waals surface area contributed by atoms with Gasteiger partial charge in [0.05, 0.1) is 23.5 Å². The van der Waals surface area contributed by atoms with Crippen molar-refractivity contribution in [1.29, 1.82) is 0 Å². The smallest absolute Gasteiger partial charge is 0.189 e. The van der Waals surface area contributed by atoms with Gasteiger partial charge in [-0.25, -0.2) is 0 Å². The first-order chi connectivity index (χ1) is 9.31. The molecule has 0 radical (unpaired) electrons. The Morgan fingerprint density at radius 3 is 2.68 bits per heavy atom. The van der Waals surface area contributed by atoms with Crippen molar-refractivity contribution >= 4 is 27.2 Å². The van der Waals surface area contributed by atoms with E-state index >= 15 is 0 Å². The predicted molar refractivity (Wildman–Crippen MR) is 76.4 cm³/mol. The molecule has 0 aliphatic carbocycles. The maximum Gasteiger partial charge on any atom is 0.189 e. The minimum atomic E-state index is 0.0444. The molecule has 0 bridgehead atoms. The molecule has 4 rings (SSSR count). The number of fused-ring (bicyclic) bond motifs is 3. The molecular weight excluding hydrogens is 238 g/mol. The van der Waals surface area contributed by atoms with Crippen LogP contribution in [-0.2, 0) is 0 Å². The van der Waals surface area contributed by atoms with Crippen molar-refractivity contribution in [3.63, 3.8) is 0 Å². The van der Waals surface area contributed by atoms with Gasteiger partial charge in [-0.05, 0) is 18.2 Å². The number of benzene rings is 2. The molecule has 2 heterocycles. The summed E-state index contributed by atoms with van der Waals surface area (Å²) < 4.78 is 7.52. The summed E-state index contributed by atoms with van der Waals surface area (Å²) in [5.41, 5.74) is 2.07. The Labute approximate surface area is 109 Å². The molecule has 0 atom stereocenters. The van der Waals surface area contributed by atoms with E-state index in [1.807, 2.05) is 30.5 Å². The van der Waals surface area contributed by atoms with Crippen molar-refractivity contribution in [1.82, 2.24) is 4.40 Å². The molecule has 0 amide bonds. The van der Waals surface area contributed by atoms with Gasteiger partial charge in [0.1, 0.15) is 5.75 Å². The fourth-order valence-corrected chi connectivity index (χ4v) is 2.85. The number of ether oxygens (including phenoxy) is 1. The van der Waals surface area contributed by atoms with Crippen LogP contribution in [0.5, 0.6) is 5.75 Å². The summed E-state index contributed by atoms with van der Waals surface area (Å²) in [4.78, 5) is 12.0. The average molecular weight is 249 g/mol. The summed E-state index contributed by atoms with van der Waals surface area (Å²) in [5, 5.41) is 2.85. The highest BCUT2D eigenvalue weighted by Gasteiger charge is 2.15. The number of rotatable bonds is 1. The second-order valence-electron chi connectivity index (χ2n) is 4.61. The van der Waals surface area contributed by atoms with Crippen LogP contribution in [0.1, 0.15) is 0 Å². The standard InChI is InChI=1S/C16H11NO2/c1-19-14-7-6-11-13(18)8-9-17-12-5-3-2-4-10(12)15(14)16(11)17/h2-9H,1H3. The lowest BCUT2D eigenvalue weighted by Gasteiger charge is -2.04. The highest BCUT2D eigenvalue weighted by molar-refractivity contribution is 6.16. The lowest BCUT2D eigenvalue weighted by molar-refractivity contribution is 0.420. The molecule has 3 nitrogen and oxygen atoms in total. The van der Waals surface area contributed by atoms with Crippen LogP contribution >= 0.6 is 0 Å². The van der Waals surface area contributed by atoms with Gasteiger partial charge in [0.15, 0.2) is 5.43 Å². The molecule has 4 aromatic rings. The molecule has 0 aliphatic heterocycles. The highest BCUT2D eigenvalue weighted by atomic mass is 16.5. The molecule has 0 saturated carbocycles. The number of aromatic nitrogens is 1. The normalized spacial score (nSPS) is 11.6. The fraction of sp³-hybridized carbons (Fsp3) is 0.0625. The van der Waals surface area contributed by atoms with E-state index in [1.54, 1.807) is 13.2 Å². The molecule has 0 spiro atoms. The Morgan fingerprint density at radius 1 is 1.00 bits per heavy atom. The van der Waals surface area contributed by atoms with Gasteiger partial charge in [0, 0.05) is 23.0 Å². The van der Waals surface area contributed by atoms with E-state index in [-0.39, 0.29) is 5.43 Å². The molecular formula is C16H11NO2. The van der Waals surface area contributed by atoms with Crippen LogP contribution < -0.4 is 10.2 Å². The molecule has 0 saturated heterocycles. The van der Waals surface area contributed by atoms with Crippen molar-refractivity contribution in [2.45, 2.75) is 0 Å². The predicted octanol–water partition coefficient (Wildman–Crippen LogP) is 3.05. The lowest BCUT2D eigenvalue weighted by Crippen LogP contribution is -2.02. The minimum Gasteiger partial charge on any atom is -0.496 e. The van der Waals surface area contributed by atoms with Crippen LogP contribution in [0.3, 0.4) is 0 Å². The van der Waals surface area contributed by atoms with Crippen LogP contribution in [0.15, 0.2) is 53.5 Å². The van der Waals surface area contributed by atoms with Crippen molar-refractivity contribution in [2.75, 3.05) is 7.11 Å². The molecule has 2 aromatic heterocycles. The van der Waals surface area contributed by atoms with Crippen molar-refractivity contribution in [3.8, 4) is 5.75 Å². The first-order valence-corrected chi connectivity index (χ1v) is 6.13. The van der Waals surface area contributed by atoms with E-state index in [1.165, 1.54) is 0 Å². The van der Waals surface area contributed by atoms with Gasteiger partial charge in [0.2, 0.25) is 0 Å². The zero-order valence-corrected chi connectivity index (χ0v) is 10.4. The van der Waals surface area contributed by atoms with E-state index in [0.717, 1.165) is 32.9 Å². The maximum atomic E-state index is 12.0. The zero-order chi connectivity index (χ0) is 13.0. The fourth-order valence-electron chi connectivity index (χ4n) is 2.85. The van der Waals surface area contributed by atoms with Crippen LogP contribution in [0.4, 0.5) is 0 Å². The summed E-state index contributed by atoms with van der Waals surface area (Å²) >= 11 is 0. The average Bonchev–Trinajstić information content (AvgIpc) is 2.79. The van der Waals surface area contributed by atoms with Gasteiger partial charge >= 0.3 is 0 Å². The van der Waals surface area contributed by atoms with E-state index in [2.05, 4.69) is 16.5 Å². The molecule has 0 aliphatic rings. The van der Waals surface area contributed by atoms with Gasteiger partial charge in [-0.3, -0.25) is 4.79 Å². The van der Waals surface area contributed by atoms with Gasteiger partial charge in [-0.1, -0.05) is 18.2 Å². The monoisotopic (exact) mass is 249 g/mol. The van der Waals surface area contributed by atoms with Gasteiger partial charge in [-0.15, -0.1) is 0 Å². The van der Waals surface area contributed by atoms with Crippen LogP contribution in [0.2, 0.25) is 0 Å². The Kier molecular flexibility index (Phi) is 1.90. The molecule has 92 valence electrons. The summed E-state index contributed by atoms with van der Waals surface area (Å²) in [6, 6.07) is 13.4. The van der Waals surface area contributed by atoms with Gasteiger partial charge in [-0.2, -0.15) is 0 Å². The zero-order valence-electron chi connectivity index (χ0n) is 10.4. The summed E-state index contributed by atoms with van der Waals surface area (Å²) in [6.07, 6.45) is 1.83. The molecule has 0 N–H and O–H groups in total. The Balaban J connectivity index is 2.48. The Hall–Kier alpha value is -2.55. The summed E-state index contributed by atoms with van der Waals surface area (Å²) in [5.74, 6) is 0.803. The van der Waals surface area contributed by atoms with Gasteiger partial charge < -0.3 is 9.14 Å². The summed E-state index contributed by atoms with van der Waals surface area (Å²) in [6.45, 7) is 0. The number of hydrogen-bond acceptors (Lipinski definition) is 2. The lowest BCUT2D eigenvalue weighted by atomic mass is 10.1. The molecule has 0 fully saturated rings. The van der Waals surface area contributed by atoms with Crippen molar-refractivity contribution < 1.29 is 4.74 Å². The molecule has 19 heavy (non-hydrogen) atoms. The highest BCUT2D eigenvalue weighted by Crippen LogP contribution is 2.36. The number of pyridine rings is 1. The summed E-state index contributed by atoms with van der Waals surface area (Å²) in [7, 11) is 1.66. The largest absolute Gasteiger partial charge is 0.496 e.